The number of rotatable bonds is 2. The van der Waals surface area contributed by atoms with Gasteiger partial charge in [-0.25, -0.2) is 8.42 Å². The van der Waals surface area contributed by atoms with E-state index in [1.807, 2.05) is 19.1 Å². The maximum Gasteiger partial charge on any atom is 0.168 e. The molecule has 16 heavy (non-hydrogen) atoms. The molecule has 1 aromatic carbocycles. The molecule has 2 aromatic rings. The molecule has 82 valence electrons. The second-order valence-corrected chi connectivity index (χ2v) is 4.52. The van der Waals surface area contributed by atoms with E-state index >= 15 is 0 Å². The minimum Gasteiger partial charge on any atom is -0.264 e. The molecule has 0 unspecified atom stereocenters. The van der Waals surface area contributed by atoms with Crippen LogP contribution in [0.2, 0.25) is 0 Å². The Morgan fingerprint density at radius 1 is 1.12 bits per heavy atom. The molecule has 0 radical (unpaired) electrons. The highest BCUT2D eigenvalue weighted by molar-refractivity contribution is 7.72. The Balaban J connectivity index is 2.64. The molecule has 1 aromatic heterocycles. The topological polar surface area (TPSA) is 47.0 Å². The molecule has 0 aliphatic carbocycles. The lowest BCUT2D eigenvalue weighted by molar-refractivity contribution is 0.615. The molecular weight excluding hydrogens is 222 g/mol. The Bertz CT molecular complexity index is 583. The van der Waals surface area contributed by atoms with Crippen LogP contribution < -0.4 is 0 Å². The van der Waals surface area contributed by atoms with Crippen LogP contribution >= 0.6 is 0 Å². The van der Waals surface area contributed by atoms with E-state index in [2.05, 4.69) is 4.98 Å². The summed E-state index contributed by atoms with van der Waals surface area (Å²) in [6.07, 6.45) is 3.41. The Morgan fingerprint density at radius 2 is 1.88 bits per heavy atom. The third-order valence-electron chi connectivity index (χ3n) is 2.29. The van der Waals surface area contributed by atoms with Crippen molar-refractivity contribution in [2.45, 2.75) is 11.8 Å². The van der Waals surface area contributed by atoms with Gasteiger partial charge in [0.25, 0.3) is 0 Å². The van der Waals surface area contributed by atoms with Crippen molar-refractivity contribution in [1.82, 2.24) is 4.98 Å². The summed E-state index contributed by atoms with van der Waals surface area (Å²) in [6, 6.07) is 8.85. The van der Waals surface area contributed by atoms with Gasteiger partial charge in [-0.05, 0) is 24.6 Å². The maximum absolute atomic E-state index is 11.1. The second kappa shape index (κ2) is 4.45. The molecule has 1 heterocycles. The Labute approximate surface area is 95.7 Å². The first-order chi connectivity index (χ1) is 7.68. The zero-order chi connectivity index (χ0) is 11.5. The standard InChI is InChI=1S/C12H11NO2S/c1-9-6-10(8-13-7-9)11-4-2-3-5-12(11)16(14)15/h2-8,16H,1H3. The van der Waals surface area contributed by atoms with Crippen molar-refractivity contribution in [2.24, 2.45) is 0 Å². The number of aromatic nitrogens is 1. The van der Waals surface area contributed by atoms with Gasteiger partial charge >= 0.3 is 0 Å². The van der Waals surface area contributed by atoms with Crippen LogP contribution in [0.3, 0.4) is 0 Å². The molecular formula is C12H11NO2S. The molecule has 3 nitrogen and oxygen atoms in total. The average molecular weight is 233 g/mol. The van der Waals surface area contributed by atoms with Crippen LogP contribution in [0.1, 0.15) is 5.56 Å². The molecule has 0 aliphatic heterocycles. The summed E-state index contributed by atoms with van der Waals surface area (Å²) in [6.45, 7) is 1.93. The van der Waals surface area contributed by atoms with Crippen molar-refractivity contribution < 1.29 is 8.42 Å². The van der Waals surface area contributed by atoms with Crippen molar-refractivity contribution in [3.63, 3.8) is 0 Å². The smallest absolute Gasteiger partial charge is 0.168 e. The van der Waals surface area contributed by atoms with E-state index in [-0.39, 0.29) is 0 Å². The Morgan fingerprint density at radius 3 is 2.56 bits per heavy atom. The summed E-state index contributed by atoms with van der Waals surface area (Å²) in [5.41, 5.74) is 2.54. The lowest BCUT2D eigenvalue weighted by Gasteiger charge is -2.04. The molecule has 0 fully saturated rings. The van der Waals surface area contributed by atoms with Crippen molar-refractivity contribution in [1.29, 1.82) is 0 Å². The van der Waals surface area contributed by atoms with Gasteiger partial charge in [0.15, 0.2) is 10.7 Å². The average Bonchev–Trinajstić information content (AvgIpc) is 2.29. The maximum atomic E-state index is 11.1. The van der Waals surface area contributed by atoms with Crippen LogP contribution in [0.4, 0.5) is 0 Å². The number of thiol groups is 1. The number of benzene rings is 1. The molecule has 0 atom stereocenters. The largest absolute Gasteiger partial charge is 0.264 e. The predicted molar refractivity (Wildman–Crippen MR) is 63.0 cm³/mol. The van der Waals surface area contributed by atoms with E-state index < -0.39 is 10.7 Å². The van der Waals surface area contributed by atoms with Gasteiger partial charge < -0.3 is 0 Å². The number of aryl methyl sites for hydroxylation is 1. The first-order valence-electron chi connectivity index (χ1n) is 4.84. The molecule has 0 N–H and O–H groups in total. The van der Waals surface area contributed by atoms with Gasteiger partial charge in [-0.2, -0.15) is 0 Å². The van der Waals surface area contributed by atoms with Crippen molar-refractivity contribution >= 4 is 10.7 Å². The summed E-state index contributed by atoms with van der Waals surface area (Å²) in [7, 11) is -2.58. The molecule has 0 saturated carbocycles. The minimum absolute atomic E-state index is 0.338. The Kier molecular flexibility index (Phi) is 3.01. The number of nitrogens with zero attached hydrogens (tertiary/aromatic N) is 1. The van der Waals surface area contributed by atoms with E-state index in [1.54, 1.807) is 30.6 Å². The van der Waals surface area contributed by atoms with Crippen molar-refractivity contribution in [3.05, 3.63) is 48.3 Å². The van der Waals surface area contributed by atoms with Gasteiger partial charge in [-0.15, -0.1) is 0 Å². The minimum atomic E-state index is -2.58. The predicted octanol–water partition coefficient (Wildman–Crippen LogP) is 2.03. The third-order valence-corrected chi connectivity index (χ3v) is 3.07. The van der Waals surface area contributed by atoms with Crippen LogP contribution in [-0.2, 0) is 10.7 Å². The Hall–Kier alpha value is -1.68. The highest BCUT2D eigenvalue weighted by Gasteiger charge is 2.06. The molecule has 0 aliphatic rings. The van der Waals surface area contributed by atoms with Gasteiger partial charge in [0.1, 0.15) is 0 Å². The quantitative estimate of drug-likeness (QED) is 0.807. The summed E-state index contributed by atoms with van der Waals surface area (Å²) in [5.74, 6) is 0. The van der Waals surface area contributed by atoms with E-state index in [1.165, 1.54) is 0 Å². The fraction of sp³-hybridized carbons (Fsp3) is 0.0833. The highest BCUT2D eigenvalue weighted by Crippen LogP contribution is 2.24. The van der Waals surface area contributed by atoms with Gasteiger partial charge in [0.05, 0.1) is 4.90 Å². The number of hydrogen-bond donors (Lipinski definition) is 1. The van der Waals surface area contributed by atoms with Crippen LogP contribution in [0.5, 0.6) is 0 Å². The molecule has 0 amide bonds. The van der Waals surface area contributed by atoms with Gasteiger partial charge in [-0.1, -0.05) is 18.2 Å². The van der Waals surface area contributed by atoms with E-state index in [4.69, 9.17) is 0 Å². The molecule has 2 rings (SSSR count). The van der Waals surface area contributed by atoms with Crippen LogP contribution in [-0.4, -0.2) is 13.4 Å². The SMILES string of the molecule is Cc1cncc(-c2ccccc2[SH](=O)=O)c1. The van der Waals surface area contributed by atoms with Gasteiger partial charge in [0, 0.05) is 23.5 Å². The summed E-state index contributed by atoms with van der Waals surface area (Å²) < 4.78 is 22.2. The summed E-state index contributed by atoms with van der Waals surface area (Å²) in [5, 5.41) is 0. The van der Waals surface area contributed by atoms with Crippen molar-refractivity contribution in [2.75, 3.05) is 0 Å². The summed E-state index contributed by atoms with van der Waals surface area (Å²) >= 11 is 0. The monoisotopic (exact) mass is 233 g/mol. The van der Waals surface area contributed by atoms with Gasteiger partial charge in [0.2, 0.25) is 0 Å². The van der Waals surface area contributed by atoms with Crippen LogP contribution in [0.25, 0.3) is 11.1 Å². The zero-order valence-corrected chi connectivity index (χ0v) is 9.65. The lowest BCUT2D eigenvalue weighted by atomic mass is 10.1. The fourth-order valence-corrected chi connectivity index (χ4v) is 2.19. The fourth-order valence-electron chi connectivity index (χ4n) is 1.58. The molecule has 0 spiro atoms. The number of hydrogen-bond acceptors (Lipinski definition) is 3. The van der Waals surface area contributed by atoms with Crippen LogP contribution in [0.15, 0.2) is 47.6 Å². The first-order valence-corrected chi connectivity index (χ1v) is 6.01. The highest BCUT2D eigenvalue weighted by atomic mass is 32.2. The second-order valence-electron chi connectivity index (χ2n) is 3.53. The third kappa shape index (κ3) is 2.12. The van der Waals surface area contributed by atoms with Gasteiger partial charge in [-0.3, -0.25) is 4.98 Å². The van der Waals surface area contributed by atoms with E-state index in [0.717, 1.165) is 11.1 Å². The molecule has 0 bridgehead atoms. The zero-order valence-electron chi connectivity index (χ0n) is 8.75. The molecule has 4 heteroatoms. The number of pyridine rings is 1. The van der Waals surface area contributed by atoms with E-state index in [0.29, 0.717) is 10.5 Å². The summed E-state index contributed by atoms with van der Waals surface area (Å²) in [4.78, 5) is 4.40. The van der Waals surface area contributed by atoms with Crippen molar-refractivity contribution in [3.8, 4) is 11.1 Å². The lowest BCUT2D eigenvalue weighted by Crippen LogP contribution is -1.88. The molecule has 0 saturated heterocycles. The first kappa shape index (κ1) is 10.8. The normalized spacial score (nSPS) is 10.6. The van der Waals surface area contributed by atoms with Crippen LogP contribution in [0, 0.1) is 6.92 Å². The van der Waals surface area contributed by atoms with E-state index in [9.17, 15) is 8.42 Å².